The van der Waals surface area contributed by atoms with Gasteiger partial charge in [0.15, 0.2) is 0 Å². The molecule has 2 atom stereocenters. The van der Waals surface area contributed by atoms with Gasteiger partial charge >= 0.3 is 0 Å². The van der Waals surface area contributed by atoms with Crippen LogP contribution >= 0.6 is 0 Å². The Kier molecular flexibility index (Phi) is 4.15. The maximum atomic E-state index is 11.9. The van der Waals surface area contributed by atoms with Crippen molar-refractivity contribution >= 4 is 21.6 Å². The lowest BCUT2D eigenvalue weighted by molar-refractivity contribution is -0.117. The SMILES string of the molecule is CC(C)NS(=O)(=O)c1ccc(NC(=O)[C@H]2C[C@H]2C)cc1. The van der Waals surface area contributed by atoms with Crippen molar-refractivity contribution in [2.45, 2.75) is 38.1 Å². The third-order valence-electron chi connectivity index (χ3n) is 3.27. The van der Waals surface area contributed by atoms with Crippen molar-refractivity contribution in [1.82, 2.24) is 4.72 Å². The largest absolute Gasteiger partial charge is 0.326 e. The van der Waals surface area contributed by atoms with Crippen molar-refractivity contribution in [2.75, 3.05) is 5.32 Å². The monoisotopic (exact) mass is 296 g/mol. The molecule has 0 aromatic heterocycles. The average molecular weight is 296 g/mol. The summed E-state index contributed by atoms with van der Waals surface area (Å²) in [4.78, 5) is 12.0. The highest BCUT2D eigenvalue weighted by Gasteiger charge is 2.39. The number of nitrogens with one attached hydrogen (secondary N) is 2. The molecule has 110 valence electrons. The Labute approximate surface area is 119 Å². The van der Waals surface area contributed by atoms with Gasteiger partial charge in [0.2, 0.25) is 15.9 Å². The molecule has 0 spiro atoms. The van der Waals surface area contributed by atoms with Gasteiger partial charge in [0.1, 0.15) is 0 Å². The summed E-state index contributed by atoms with van der Waals surface area (Å²) in [6.07, 6.45) is 0.927. The zero-order chi connectivity index (χ0) is 14.9. The normalized spacial score (nSPS) is 21.8. The summed E-state index contributed by atoms with van der Waals surface area (Å²) in [5.74, 6) is 0.555. The molecule has 0 radical (unpaired) electrons. The highest BCUT2D eigenvalue weighted by molar-refractivity contribution is 7.89. The van der Waals surface area contributed by atoms with E-state index in [1.54, 1.807) is 26.0 Å². The highest BCUT2D eigenvalue weighted by atomic mass is 32.2. The van der Waals surface area contributed by atoms with E-state index in [9.17, 15) is 13.2 Å². The van der Waals surface area contributed by atoms with Gasteiger partial charge in [-0.15, -0.1) is 0 Å². The van der Waals surface area contributed by atoms with Crippen LogP contribution in [-0.2, 0) is 14.8 Å². The average Bonchev–Trinajstić information content (AvgIpc) is 3.05. The van der Waals surface area contributed by atoms with Gasteiger partial charge in [-0.1, -0.05) is 6.92 Å². The van der Waals surface area contributed by atoms with Crippen LogP contribution in [0, 0.1) is 11.8 Å². The fourth-order valence-electron chi connectivity index (χ4n) is 2.02. The first-order chi connectivity index (χ1) is 9.29. The lowest BCUT2D eigenvalue weighted by Crippen LogP contribution is -2.30. The Hall–Kier alpha value is -1.40. The standard InChI is InChI=1S/C14H20N2O3S/c1-9(2)16-20(18,19)12-6-4-11(5-7-12)15-14(17)13-8-10(13)3/h4-7,9-10,13,16H,8H2,1-3H3,(H,15,17)/t10-,13+/m1/s1. The number of sulfonamides is 1. The van der Waals surface area contributed by atoms with Gasteiger partial charge in [0, 0.05) is 17.6 Å². The number of anilines is 1. The maximum absolute atomic E-state index is 11.9. The van der Waals surface area contributed by atoms with Crippen molar-refractivity contribution in [1.29, 1.82) is 0 Å². The second-order valence-electron chi connectivity index (χ2n) is 5.61. The Balaban J connectivity index is 2.04. The number of hydrogen-bond acceptors (Lipinski definition) is 3. The first kappa shape index (κ1) is 15.0. The minimum atomic E-state index is -3.48. The van der Waals surface area contributed by atoms with Crippen molar-refractivity contribution in [3.63, 3.8) is 0 Å². The van der Waals surface area contributed by atoms with E-state index in [1.807, 2.05) is 6.92 Å². The summed E-state index contributed by atoms with van der Waals surface area (Å²) in [5.41, 5.74) is 0.623. The van der Waals surface area contributed by atoms with E-state index in [0.717, 1.165) is 6.42 Å². The zero-order valence-corrected chi connectivity index (χ0v) is 12.7. The summed E-state index contributed by atoms with van der Waals surface area (Å²) in [6.45, 7) is 5.57. The van der Waals surface area contributed by atoms with Crippen LogP contribution < -0.4 is 10.0 Å². The molecule has 0 unspecified atom stereocenters. The van der Waals surface area contributed by atoms with E-state index in [2.05, 4.69) is 10.0 Å². The lowest BCUT2D eigenvalue weighted by Gasteiger charge is -2.10. The van der Waals surface area contributed by atoms with Gasteiger partial charge in [-0.25, -0.2) is 13.1 Å². The summed E-state index contributed by atoms with van der Waals surface area (Å²) >= 11 is 0. The Morgan fingerprint density at radius 3 is 2.25 bits per heavy atom. The van der Waals surface area contributed by atoms with Gasteiger partial charge in [0.05, 0.1) is 4.90 Å². The molecule has 0 heterocycles. The summed E-state index contributed by atoms with van der Waals surface area (Å²) < 4.78 is 26.4. The van der Waals surface area contributed by atoms with Crippen LogP contribution in [0.15, 0.2) is 29.2 Å². The topological polar surface area (TPSA) is 75.3 Å². The second-order valence-corrected chi connectivity index (χ2v) is 7.32. The summed E-state index contributed by atoms with van der Waals surface area (Å²) in [7, 11) is -3.48. The Bertz CT molecular complexity index is 593. The van der Waals surface area contributed by atoms with Crippen LogP contribution in [0.4, 0.5) is 5.69 Å². The van der Waals surface area contributed by atoms with Crippen molar-refractivity contribution in [2.24, 2.45) is 11.8 Å². The first-order valence-corrected chi connectivity index (χ1v) is 8.21. The van der Waals surface area contributed by atoms with Crippen molar-refractivity contribution < 1.29 is 13.2 Å². The van der Waals surface area contributed by atoms with Crippen LogP contribution in [0.5, 0.6) is 0 Å². The van der Waals surface area contributed by atoms with E-state index in [4.69, 9.17) is 0 Å². The molecule has 1 amide bonds. The number of benzene rings is 1. The van der Waals surface area contributed by atoms with Gasteiger partial charge in [0.25, 0.3) is 0 Å². The van der Waals surface area contributed by atoms with E-state index in [1.165, 1.54) is 12.1 Å². The van der Waals surface area contributed by atoms with Gasteiger partial charge in [-0.05, 0) is 50.5 Å². The molecular formula is C14H20N2O3S. The minimum absolute atomic E-state index is 0.00779. The first-order valence-electron chi connectivity index (χ1n) is 6.73. The molecular weight excluding hydrogens is 276 g/mol. The quantitative estimate of drug-likeness (QED) is 0.872. The Morgan fingerprint density at radius 1 is 1.25 bits per heavy atom. The zero-order valence-electron chi connectivity index (χ0n) is 11.9. The second kappa shape index (κ2) is 5.54. The van der Waals surface area contributed by atoms with Crippen LogP contribution in [0.1, 0.15) is 27.2 Å². The van der Waals surface area contributed by atoms with E-state index in [-0.39, 0.29) is 22.8 Å². The molecule has 2 N–H and O–H groups in total. The molecule has 6 heteroatoms. The molecule has 1 aromatic carbocycles. The smallest absolute Gasteiger partial charge is 0.240 e. The highest BCUT2D eigenvalue weighted by Crippen LogP contribution is 2.38. The molecule has 0 aliphatic heterocycles. The molecule has 0 saturated heterocycles. The molecule has 20 heavy (non-hydrogen) atoms. The molecule has 1 aromatic rings. The Morgan fingerprint density at radius 2 is 1.80 bits per heavy atom. The summed E-state index contributed by atoms with van der Waals surface area (Å²) in [6, 6.07) is 6.06. The number of rotatable bonds is 5. The lowest BCUT2D eigenvalue weighted by atomic mass is 10.3. The van der Waals surface area contributed by atoms with Gasteiger partial charge < -0.3 is 5.32 Å². The molecule has 0 bridgehead atoms. The fourth-order valence-corrected chi connectivity index (χ4v) is 3.27. The molecule has 1 aliphatic rings. The predicted octanol–water partition coefficient (Wildman–Crippen LogP) is 1.97. The number of hydrogen-bond donors (Lipinski definition) is 2. The van der Waals surface area contributed by atoms with Crippen LogP contribution in [-0.4, -0.2) is 20.4 Å². The molecule has 2 rings (SSSR count). The molecule has 1 saturated carbocycles. The van der Waals surface area contributed by atoms with E-state index in [0.29, 0.717) is 11.6 Å². The minimum Gasteiger partial charge on any atom is -0.326 e. The van der Waals surface area contributed by atoms with E-state index >= 15 is 0 Å². The van der Waals surface area contributed by atoms with Crippen LogP contribution in [0.3, 0.4) is 0 Å². The van der Waals surface area contributed by atoms with Crippen molar-refractivity contribution in [3.8, 4) is 0 Å². The fraction of sp³-hybridized carbons (Fsp3) is 0.500. The van der Waals surface area contributed by atoms with Crippen LogP contribution in [0.2, 0.25) is 0 Å². The molecule has 5 nitrogen and oxygen atoms in total. The number of carbonyl (C=O) groups excluding carboxylic acids is 1. The third-order valence-corrected chi connectivity index (χ3v) is 4.94. The maximum Gasteiger partial charge on any atom is 0.240 e. The molecule has 1 fully saturated rings. The summed E-state index contributed by atoms with van der Waals surface area (Å²) in [5, 5.41) is 2.80. The van der Waals surface area contributed by atoms with Gasteiger partial charge in [-0.2, -0.15) is 0 Å². The molecule has 1 aliphatic carbocycles. The van der Waals surface area contributed by atoms with E-state index < -0.39 is 10.0 Å². The van der Waals surface area contributed by atoms with Crippen molar-refractivity contribution in [3.05, 3.63) is 24.3 Å². The number of amides is 1. The number of carbonyl (C=O) groups is 1. The predicted molar refractivity (Wildman–Crippen MR) is 77.8 cm³/mol. The van der Waals surface area contributed by atoms with Gasteiger partial charge in [-0.3, -0.25) is 4.79 Å². The van der Waals surface area contributed by atoms with Crippen LogP contribution in [0.25, 0.3) is 0 Å². The third kappa shape index (κ3) is 3.58.